The van der Waals surface area contributed by atoms with Crippen LogP contribution >= 0.6 is 0 Å². The lowest BCUT2D eigenvalue weighted by Crippen LogP contribution is -2.32. The van der Waals surface area contributed by atoms with E-state index < -0.39 is 6.17 Å². The van der Waals surface area contributed by atoms with Crippen LogP contribution in [0.4, 0.5) is 4.39 Å². The monoisotopic (exact) mass is 249 g/mol. The fourth-order valence-electron chi connectivity index (χ4n) is 1.17. The topological polar surface area (TPSA) is 30.5 Å². The molecule has 0 heterocycles. The average Bonchev–Trinajstić information content (AvgIpc) is 2.18. The second kappa shape index (κ2) is 8.84. The predicted octanol–water partition coefficient (Wildman–Crippen LogP) is 2.54. The van der Waals surface area contributed by atoms with E-state index in [0.29, 0.717) is 25.8 Å². The average molecular weight is 249 g/mol. The Labute approximate surface area is 105 Å². The molecule has 1 N–H and O–H groups in total. The molecule has 0 fully saturated rings. The molecular formula is C13H28FNO2. The molecule has 0 saturated heterocycles. The summed E-state index contributed by atoms with van der Waals surface area (Å²) in [6.07, 6.45) is -0.123. The molecule has 17 heavy (non-hydrogen) atoms. The minimum Gasteiger partial charge on any atom is -0.378 e. The summed E-state index contributed by atoms with van der Waals surface area (Å²) in [5.74, 6) is 0. The van der Waals surface area contributed by atoms with Gasteiger partial charge in [0.25, 0.3) is 0 Å². The molecule has 1 unspecified atom stereocenters. The van der Waals surface area contributed by atoms with E-state index in [1.54, 1.807) is 0 Å². The van der Waals surface area contributed by atoms with Crippen molar-refractivity contribution in [3.05, 3.63) is 0 Å². The van der Waals surface area contributed by atoms with E-state index in [9.17, 15) is 4.39 Å². The lowest BCUT2D eigenvalue weighted by molar-refractivity contribution is -0.0169. The van der Waals surface area contributed by atoms with E-state index in [2.05, 4.69) is 5.32 Å². The zero-order valence-electron chi connectivity index (χ0n) is 11.9. The van der Waals surface area contributed by atoms with E-state index in [0.717, 1.165) is 6.42 Å². The van der Waals surface area contributed by atoms with Crippen LogP contribution in [0.2, 0.25) is 0 Å². The van der Waals surface area contributed by atoms with Crippen LogP contribution in [0.3, 0.4) is 0 Å². The van der Waals surface area contributed by atoms with Gasteiger partial charge in [-0.1, -0.05) is 13.8 Å². The number of alkyl halides is 1. The molecule has 0 aliphatic heterocycles. The first-order valence-electron chi connectivity index (χ1n) is 6.40. The highest BCUT2D eigenvalue weighted by Crippen LogP contribution is 2.06. The van der Waals surface area contributed by atoms with Gasteiger partial charge in [-0.3, -0.25) is 0 Å². The number of hydrogen-bond donors (Lipinski definition) is 1. The first-order chi connectivity index (χ1) is 7.81. The molecule has 0 rings (SSSR count). The molecule has 0 radical (unpaired) electrons. The standard InChI is InChI=1S/C13H28FNO2/c1-11(2)15-9-12(14)10-16-7-6-8-17-13(3,4)5/h11-12,15H,6-10H2,1-5H3. The van der Waals surface area contributed by atoms with Crippen molar-refractivity contribution in [3.63, 3.8) is 0 Å². The minimum atomic E-state index is -0.930. The van der Waals surface area contributed by atoms with Gasteiger partial charge in [0.05, 0.1) is 12.2 Å². The molecule has 0 saturated carbocycles. The van der Waals surface area contributed by atoms with E-state index in [1.165, 1.54) is 0 Å². The van der Waals surface area contributed by atoms with Crippen LogP contribution in [0.15, 0.2) is 0 Å². The van der Waals surface area contributed by atoms with Crippen LogP contribution in [-0.4, -0.2) is 44.2 Å². The molecule has 3 nitrogen and oxygen atoms in total. The Kier molecular flexibility index (Phi) is 8.74. The molecule has 0 aliphatic carbocycles. The number of rotatable bonds is 9. The largest absolute Gasteiger partial charge is 0.378 e. The molecule has 0 aromatic carbocycles. The summed E-state index contributed by atoms with van der Waals surface area (Å²) in [7, 11) is 0. The van der Waals surface area contributed by atoms with Crippen molar-refractivity contribution in [1.82, 2.24) is 5.32 Å². The van der Waals surface area contributed by atoms with Crippen LogP contribution in [-0.2, 0) is 9.47 Å². The Bertz CT molecular complexity index is 181. The molecule has 104 valence electrons. The minimum absolute atomic E-state index is 0.107. The molecule has 0 amide bonds. The fraction of sp³-hybridized carbons (Fsp3) is 1.00. The molecule has 0 aromatic rings. The smallest absolute Gasteiger partial charge is 0.136 e. The molecule has 0 aliphatic rings. The van der Waals surface area contributed by atoms with E-state index in [4.69, 9.17) is 9.47 Å². The zero-order chi connectivity index (χ0) is 13.3. The third-order valence-electron chi connectivity index (χ3n) is 2.01. The van der Waals surface area contributed by atoms with E-state index >= 15 is 0 Å². The lowest BCUT2D eigenvalue weighted by atomic mass is 10.2. The van der Waals surface area contributed by atoms with Gasteiger partial charge >= 0.3 is 0 Å². The van der Waals surface area contributed by atoms with Gasteiger partial charge in [-0.25, -0.2) is 4.39 Å². The molecule has 1 atom stereocenters. The van der Waals surface area contributed by atoms with Gasteiger partial charge < -0.3 is 14.8 Å². The van der Waals surface area contributed by atoms with Crippen molar-refractivity contribution in [3.8, 4) is 0 Å². The second-order valence-corrected chi connectivity index (χ2v) is 5.55. The number of ether oxygens (including phenoxy) is 2. The lowest BCUT2D eigenvalue weighted by Gasteiger charge is -2.19. The molecule has 0 aromatic heterocycles. The number of halogens is 1. The summed E-state index contributed by atoms with van der Waals surface area (Å²) in [5.41, 5.74) is -0.107. The summed E-state index contributed by atoms with van der Waals surface area (Å²) in [4.78, 5) is 0. The van der Waals surface area contributed by atoms with Crippen LogP contribution in [0.25, 0.3) is 0 Å². The Balaban J connectivity index is 3.28. The maximum absolute atomic E-state index is 13.2. The molecular weight excluding hydrogens is 221 g/mol. The van der Waals surface area contributed by atoms with Crippen LogP contribution < -0.4 is 5.32 Å². The van der Waals surface area contributed by atoms with Crippen LogP contribution in [0.1, 0.15) is 41.0 Å². The summed E-state index contributed by atoms with van der Waals surface area (Å²) in [6.45, 7) is 11.8. The highest BCUT2D eigenvalue weighted by atomic mass is 19.1. The highest BCUT2D eigenvalue weighted by Gasteiger charge is 2.09. The summed E-state index contributed by atoms with van der Waals surface area (Å²) in [6, 6.07) is 0.313. The summed E-state index contributed by atoms with van der Waals surface area (Å²) in [5, 5.41) is 3.04. The quantitative estimate of drug-likeness (QED) is 0.637. The van der Waals surface area contributed by atoms with E-state index in [-0.39, 0.29) is 12.2 Å². The Morgan fingerprint density at radius 2 is 1.82 bits per heavy atom. The Hall–Kier alpha value is -0.190. The van der Waals surface area contributed by atoms with Gasteiger partial charge in [0.2, 0.25) is 0 Å². The highest BCUT2D eigenvalue weighted by molar-refractivity contribution is 4.61. The van der Waals surface area contributed by atoms with Crippen molar-refractivity contribution in [2.75, 3.05) is 26.4 Å². The Morgan fingerprint density at radius 1 is 1.18 bits per heavy atom. The van der Waals surface area contributed by atoms with Gasteiger partial charge in [0.1, 0.15) is 6.17 Å². The van der Waals surface area contributed by atoms with Crippen molar-refractivity contribution in [2.24, 2.45) is 0 Å². The maximum atomic E-state index is 13.2. The molecule has 4 heteroatoms. The number of hydrogen-bond acceptors (Lipinski definition) is 3. The normalized spacial score (nSPS) is 14.3. The van der Waals surface area contributed by atoms with Crippen molar-refractivity contribution in [2.45, 2.75) is 58.9 Å². The second-order valence-electron chi connectivity index (χ2n) is 5.55. The van der Waals surface area contributed by atoms with Crippen molar-refractivity contribution >= 4 is 0 Å². The van der Waals surface area contributed by atoms with Crippen molar-refractivity contribution < 1.29 is 13.9 Å². The van der Waals surface area contributed by atoms with Gasteiger partial charge in [-0.15, -0.1) is 0 Å². The fourth-order valence-corrected chi connectivity index (χ4v) is 1.17. The molecule has 0 bridgehead atoms. The van der Waals surface area contributed by atoms with Crippen LogP contribution in [0, 0.1) is 0 Å². The van der Waals surface area contributed by atoms with Crippen LogP contribution in [0.5, 0.6) is 0 Å². The number of nitrogens with one attached hydrogen (secondary N) is 1. The van der Waals surface area contributed by atoms with Gasteiger partial charge in [0, 0.05) is 25.8 Å². The van der Waals surface area contributed by atoms with Crippen molar-refractivity contribution in [1.29, 1.82) is 0 Å². The first kappa shape index (κ1) is 16.8. The predicted molar refractivity (Wildman–Crippen MR) is 69.2 cm³/mol. The summed E-state index contributed by atoms with van der Waals surface area (Å²) < 4.78 is 24.0. The third-order valence-corrected chi connectivity index (χ3v) is 2.01. The summed E-state index contributed by atoms with van der Waals surface area (Å²) >= 11 is 0. The van der Waals surface area contributed by atoms with Gasteiger partial charge in [-0.05, 0) is 27.2 Å². The molecule has 0 spiro atoms. The first-order valence-corrected chi connectivity index (χ1v) is 6.40. The third kappa shape index (κ3) is 13.7. The van der Waals surface area contributed by atoms with Gasteiger partial charge in [-0.2, -0.15) is 0 Å². The maximum Gasteiger partial charge on any atom is 0.136 e. The SMILES string of the molecule is CC(C)NCC(F)COCCCOC(C)(C)C. The van der Waals surface area contributed by atoms with Gasteiger partial charge in [0.15, 0.2) is 0 Å². The zero-order valence-corrected chi connectivity index (χ0v) is 11.9. The Morgan fingerprint density at radius 3 is 2.35 bits per heavy atom. The van der Waals surface area contributed by atoms with E-state index in [1.807, 2.05) is 34.6 Å².